The van der Waals surface area contributed by atoms with E-state index in [-0.39, 0.29) is 191 Å². The number of ether oxygens (including phenoxy) is 3. The summed E-state index contributed by atoms with van der Waals surface area (Å²) >= 11 is 0. The maximum Gasteiger partial charge on any atom is 0.281 e. The largest absolute Gasteiger partial charge is 0.493 e. The van der Waals surface area contributed by atoms with Gasteiger partial charge in [0, 0.05) is 62.1 Å². The van der Waals surface area contributed by atoms with Crippen LogP contribution in [0.5, 0.6) is 17.6 Å². The van der Waals surface area contributed by atoms with E-state index in [4.69, 9.17) is 24.4 Å². The van der Waals surface area contributed by atoms with Crippen LogP contribution in [-0.2, 0) is 63.9 Å². The Kier molecular flexibility index (Phi) is 39.0. The number of aliphatic hydroxyl groups excluding tert-OH is 2. The molecule has 0 spiro atoms. The molecule has 113 heavy (non-hydrogen) atoms. The van der Waals surface area contributed by atoms with Gasteiger partial charge in [0.1, 0.15) is 66.6 Å². The predicted octanol–water partition coefficient (Wildman–Crippen LogP) is 12.9. The van der Waals surface area contributed by atoms with E-state index < -0.39 is 58.5 Å². The number of azo groups is 3. The average molecular weight is 1630 g/mol. The Hall–Kier alpha value is -9.29. The van der Waals surface area contributed by atoms with E-state index in [1.807, 2.05) is 32.1 Å². The highest BCUT2D eigenvalue weighted by Crippen LogP contribution is 2.35. The van der Waals surface area contributed by atoms with E-state index >= 15 is 0 Å². The van der Waals surface area contributed by atoms with Crippen LogP contribution in [0.15, 0.2) is 133 Å². The minimum absolute atomic E-state index is 0.000633. The molecule has 35 heteroatoms. The molecule has 616 valence electrons. The van der Waals surface area contributed by atoms with Gasteiger partial charge >= 0.3 is 0 Å². The van der Waals surface area contributed by atoms with E-state index in [1.54, 1.807) is 50.2 Å². The summed E-state index contributed by atoms with van der Waals surface area (Å²) in [6.45, 7) is 21.7. The number of nitrogens with one attached hydrogen (secondary N) is 2. The molecule has 3 aromatic carbocycles. The number of aromatic nitrogens is 3. The first-order chi connectivity index (χ1) is 53.9. The standard InChI is InChI=1S/C27H39N5O6S.C26H35N5O5S.C25H35N5O6S/c1-5-8-11-21(6-2)19-32-26(34)22(18-28)20(4)25(27(32)35)30-29-23-12-9-10-13-24(23)39(36,37)31(7-3)14-16-38-17-15-33;1-4-6-10-19(5-2)17-31-25(32)21(15-27)18(3)24(26(31)33)30-29-22-12-7-8-13-23(22)37(34,35)28-16-20-11-9-14-36-20;1-17(2)8-7-9-18(3)29-37(34,35)22-11-6-5-10-21(22)27-28-23-19(4)20(16-26)24(32)30(25(23)33)12-14-36-15-13-31/h9-10,12-13,21,33-34H,5-8,11,14-17,19H2,1-4H3;7-8,12-13,19-20,28,32H,4-6,9-11,14,16-17H2,1-3H3;5-6,10-11,17-18,29,31-32H,7-9,12-15H2,1-4H3. The van der Waals surface area contributed by atoms with Crippen molar-refractivity contribution in [3.05, 3.63) is 137 Å². The molecule has 3 aromatic heterocycles. The number of rotatable bonds is 42. The molecular weight excluding hydrogens is 1520 g/mol. The number of aromatic hydroxyl groups is 3. The molecule has 4 unspecified atom stereocenters. The lowest BCUT2D eigenvalue weighted by Crippen LogP contribution is -2.34. The summed E-state index contributed by atoms with van der Waals surface area (Å²) in [6.07, 6.45) is 11.4. The molecule has 0 aliphatic carbocycles. The smallest absolute Gasteiger partial charge is 0.281 e. The van der Waals surface area contributed by atoms with Crippen LogP contribution in [0.1, 0.15) is 172 Å². The molecule has 0 saturated carbocycles. The number of benzene rings is 3. The minimum atomic E-state index is -3.99. The molecule has 0 radical (unpaired) electrons. The fourth-order valence-electron chi connectivity index (χ4n) is 12.2. The number of nitrogens with zero attached hydrogens (tertiary/aromatic N) is 13. The zero-order chi connectivity index (χ0) is 83.6. The second kappa shape index (κ2) is 46.8. The van der Waals surface area contributed by atoms with Gasteiger partial charge < -0.3 is 39.7 Å². The van der Waals surface area contributed by atoms with Crippen molar-refractivity contribution in [3.8, 4) is 35.8 Å². The van der Waals surface area contributed by atoms with Crippen LogP contribution < -0.4 is 26.1 Å². The second-order valence-corrected chi connectivity index (χ2v) is 32.8. The fourth-order valence-corrected chi connectivity index (χ4v) is 16.4. The third kappa shape index (κ3) is 26.4. The summed E-state index contributed by atoms with van der Waals surface area (Å²) in [5.41, 5.74) is -2.09. The molecule has 4 heterocycles. The minimum Gasteiger partial charge on any atom is -0.493 e. The van der Waals surface area contributed by atoms with Gasteiger partial charge in [0.2, 0.25) is 47.7 Å². The summed E-state index contributed by atoms with van der Waals surface area (Å²) in [5.74, 6) is -0.523. The van der Waals surface area contributed by atoms with Crippen molar-refractivity contribution in [3.63, 3.8) is 0 Å². The molecule has 4 atom stereocenters. The third-order valence-corrected chi connectivity index (χ3v) is 24.0. The molecule has 1 fully saturated rings. The van der Waals surface area contributed by atoms with E-state index in [1.165, 1.54) is 66.0 Å². The molecule has 1 aliphatic rings. The number of aliphatic hydroxyl groups is 2. The monoisotopic (exact) mass is 1620 g/mol. The van der Waals surface area contributed by atoms with Crippen LogP contribution in [0.3, 0.4) is 0 Å². The lowest BCUT2D eigenvalue weighted by molar-refractivity contribution is 0.0854. The number of sulfonamides is 3. The fraction of sp³-hybridized carbons (Fsp3) is 0.538. The quantitative estimate of drug-likeness (QED) is 0.0138. The normalized spacial score (nSPS) is 14.1. The predicted molar refractivity (Wildman–Crippen MR) is 427 cm³/mol. The van der Waals surface area contributed by atoms with E-state index in [0.29, 0.717) is 18.9 Å². The maximum absolute atomic E-state index is 13.4. The highest BCUT2D eigenvalue weighted by molar-refractivity contribution is 7.90. The van der Waals surface area contributed by atoms with Crippen molar-refractivity contribution in [1.82, 2.24) is 27.5 Å². The zero-order valence-corrected chi connectivity index (χ0v) is 68.8. The highest BCUT2D eigenvalue weighted by atomic mass is 32.2. The van der Waals surface area contributed by atoms with Gasteiger partial charge in [-0.15, -0.1) is 30.7 Å². The summed E-state index contributed by atoms with van der Waals surface area (Å²) < 4.78 is 105. The van der Waals surface area contributed by atoms with E-state index in [0.717, 1.165) is 86.2 Å². The molecule has 6 aromatic rings. The highest BCUT2D eigenvalue weighted by Gasteiger charge is 2.30. The molecule has 7 rings (SSSR count). The Labute approximate surface area is 662 Å². The Morgan fingerprint density at radius 3 is 1.38 bits per heavy atom. The average Bonchev–Trinajstić information content (AvgIpc) is 1.10. The second-order valence-electron chi connectivity index (χ2n) is 27.5. The Balaban J connectivity index is 0.000000303. The number of pyridine rings is 3. The van der Waals surface area contributed by atoms with Crippen LogP contribution >= 0.6 is 0 Å². The first-order valence-electron chi connectivity index (χ1n) is 38.1. The summed E-state index contributed by atoms with van der Waals surface area (Å²) in [5, 5.41) is 103. The molecule has 7 N–H and O–H groups in total. The summed E-state index contributed by atoms with van der Waals surface area (Å²) in [7, 11) is -11.8. The van der Waals surface area contributed by atoms with Crippen molar-refractivity contribution < 1.29 is 65.0 Å². The van der Waals surface area contributed by atoms with Crippen LogP contribution in [0.4, 0.5) is 34.1 Å². The van der Waals surface area contributed by atoms with Crippen molar-refractivity contribution in [2.75, 3.05) is 65.9 Å². The SMILES string of the molecule is CCCCC(CC)Cn1c(O)c(C#N)c(C)c(N=Nc2ccccc2S(=O)(=O)N(CC)CCOCCO)c1=O.CCCCC(CC)Cn1c(O)c(C#N)c(C)c(N=Nc2ccccc2S(=O)(=O)NCC2CCCO2)c1=O.Cc1c(C#N)c(O)n(CCOCCO)c(=O)c1N=Nc1ccccc1S(=O)(=O)NC(C)CCCC(C)C. The number of hydrogen-bond acceptors (Lipinski definition) is 26. The van der Waals surface area contributed by atoms with Gasteiger partial charge in [-0.2, -0.15) is 20.1 Å². The van der Waals surface area contributed by atoms with Crippen molar-refractivity contribution in [2.45, 2.75) is 206 Å². The Bertz CT molecular complexity index is 4920. The zero-order valence-electron chi connectivity index (χ0n) is 66.4. The lowest BCUT2D eigenvalue weighted by atomic mass is 9.99. The van der Waals surface area contributed by atoms with Gasteiger partial charge in [-0.25, -0.2) is 34.7 Å². The molecule has 1 saturated heterocycles. The topological polar surface area (TPSA) is 470 Å². The van der Waals surface area contributed by atoms with Crippen molar-refractivity contribution in [2.24, 2.45) is 48.4 Å². The summed E-state index contributed by atoms with van der Waals surface area (Å²) in [4.78, 5) is 39.5. The molecule has 1 aliphatic heterocycles. The van der Waals surface area contributed by atoms with Gasteiger partial charge in [0.15, 0.2) is 17.1 Å². The van der Waals surface area contributed by atoms with Crippen LogP contribution in [0, 0.1) is 72.5 Å². The van der Waals surface area contributed by atoms with Crippen LogP contribution in [0.25, 0.3) is 0 Å². The van der Waals surface area contributed by atoms with Gasteiger partial charge in [0.05, 0.1) is 52.3 Å². The van der Waals surface area contributed by atoms with Gasteiger partial charge in [-0.1, -0.05) is 136 Å². The van der Waals surface area contributed by atoms with E-state index in [2.05, 4.69) is 67.8 Å². The third-order valence-electron chi connectivity index (χ3n) is 18.9. The van der Waals surface area contributed by atoms with Crippen molar-refractivity contribution in [1.29, 1.82) is 15.8 Å². The molecule has 0 bridgehead atoms. The van der Waals surface area contributed by atoms with Gasteiger partial charge in [0.25, 0.3) is 16.7 Å². The van der Waals surface area contributed by atoms with E-state index in [9.17, 15) is 70.7 Å². The first-order valence-corrected chi connectivity index (χ1v) is 42.5. The number of nitriles is 3. The van der Waals surface area contributed by atoms with Crippen molar-refractivity contribution >= 4 is 64.2 Å². The number of likely N-dealkylation sites (N-methyl/N-ethyl adjacent to an activating group) is 1. The van der Waals surface area contributed by atoms with Gasteiger partial charge in [-0.3, -0.25) is 28.1 Å². The number of hydrogen-bond donors (Lipinski definition) is 7. The first kappa shape index (κ1) is 94.3. The summed E-state index contributed by atoms with van der Waals surface area (Å²) in [6, 6.07) is 23.6. The molecule has 0 amide bonds. The lowest BCUT2D eigenvalue weighted by Gasteiger charge is -2.21. The number of unbranched alkanes of at least 4 members (excludes halogenated alkanes) is 2. The van der Waals surface area contributed by atoms with Crippen LogP contribution in [0.2, 0.25) is 0 Å². The molecule has 32 nitrogen and oxygen atoms in total. The van der Waals surface area contributed by atoms with Crippen LogP contribution in [-0.4, -0.2) is 147 Å². The van der Waals surface area contributed by atoms with Gasteiger partial charge in [-0.05, 0) is 114 Å². The Morgan fingerprint density at radius 1 is 0.558 bits per heavy atom. The maximum atomic E-state index is 13.4. The Morgan fingerprint density at radius 2 is 0.973 bits per heavy atom. The molecular formula is C78H109N15O17S3.